The lowest BCUT2D eigenvalue weighted by Crippen LogP contribution is -2.48. The molecule has 0 saturated carbocycles. The van der Waals surface area contributed by atoms with Gasteiger partial charge in [-0.1, -0.05) is 38.1 Å². The topological polar surface area (TPSA) is 114 Å². The molecule has 0 aliphatic carbocycles. The molecule has 2 aromatic carbocycles. The Morgan fingerprint density at radius 1 is 0.927 bits per heavy atom. The molecule has 0 spiro atoms. The Kier molecular flexibility index (Phi) is 14.5. The second kappa shape index (κ2) is 17.9. The third-order valence-corrected chi connectivity index (χ3v) is 12.1. The van der Waals surface area contributed by atoms with Crippen LogP contribution in [0.4, 0.5) is 40.9 Å². The molecular formula is C37H43F8N3O5S2. The highest BCUT2D eigenvalue weighted by molar-refractivity contribution is 7.99. The molecule has 55 heavy (non-hydrogen) atoms. The number of aromatic nitrogens is 2. The van der Waals surface area contributed by atoms with E-state index in [0.29, 0.717) is 46.7 Å². The zero-order valence-electron chi connectivity index (χ0n) is 30.2. The second-order valence-corrected chi connectivity index (χ2v) is 16.8. The largest absolute Gasteiger partial charge is 0.416 e. The summed E-state index contributed by atoms with van der Waals surface area (Å²) >= 11 is 3.10. The first-order chi connectivity index (χ1) is 25.6. The van der Waals surface area contributed by atoms with Crippen LogP contribution in [0.25, 0.3) is 0 Å². The number of amides is 1. The molecule has 0 radical (unpaired) electrons. The van der Waals surface area contributed by atoms with E-state index < -0.39 is 77.4 Å². The van der Waals surface area contributed by atoms with E-state index in [1.807, 2.05) is 13.8 Å². The lowest BCUT2D eigenvalue weighted by atomic mass is 9.80. The summed E-state index contributed by atoms with van der Waals surface area (Å²) < 4.78 is 114. The third kappa shape index (κ3) is 11.5. The highest BCUT2D eigenvalue weighted by atomic mass is 32.2. The van der Waals surface area contributed by atoms with Crippen LogP contribution < -0.4 is 11.0 Å². The first kappa shape index (κ1) is 44.5. The highest BCUT2D eigenvalue weighted by Gasteiger charge is 2.67. The lowest BCUT2D eigenvalue weighted by Gasteiger charge is -2.32. The van der Waals surface area contributed by atoms with Crippen molar-refractivity contribution in [3.8, 4) is 0 Å². The van der Waals surface area contributed by atoms with E-state index in [2.05, 4.69) is 10.3 Å². The van der Waals surface area contributed by atoms with E-state index in [1.54, 1.807) is 23.5 Å². The summed E-state index contributed by atoms with van der Waals surface area (Å²) in [6.07, 6.45) is -9.66. The number of aliphatic hydroxyl groups excluding tert-OH is 2. The Labute approximate surface area is 321 Å². The maximum Gasteiger partial charge on any atom is 0.416 e. The Morgan fingerprint density at radius 2 is 1.49 bits per heavy atom. The molecule has 4 atom stereocenters. The van der Waals surface area contributed by atoms with Gasteiger partial charge in [-0.05, 0) is 78.8 Å². The Bertz CT molecular complexity index is 1790. The van der Waals surface area contributed by atoms with Crippen LogP contribution in [-0.4, -0.2) is 61.9 Å². The van der Waals surface area contributed by atoms with Gasteiger partial charge < -0.3 is 20.3 Å². The minimum absolute atomic E-state index is 0.00638. The summed E-state index contributed by atoms with van der Waals surface area (Å²) in [5.74, 6) is -2.86. The van der Waals surface area contributed by atoms with Crippen molar-refractivity contribution in [1.29, 1.82) is 0 Å². The van der Waals surface area contributed by atoms with Crippen molar-refractivity contribution < 1.29 is 54.9 Å². The summed E-state index contributed by atoms with van der Waals surface area (Å²) in [5, 5.41) is 21.7. The number of nitrogens with zero attached hydrogens (tertiary/aromatic N) is 2. The maximum absolute atomic E-state index is 15.3. The molecule has 1 fully saturated rings. The normalized spacial score (nSPS) is 20.7. The molecule has 2 heterocycles. The number of hydrogen-bond donors (Lipinski definition) is 3. The molecule has 18 heteroatoms. The van der Waals surface area contributed by atoms with Gasteiger partial charge in [0, 0.05) is 29.4 Å². The fraction of sp³-hybridized carbons (Fsp3) is 0.541. The maximum atomic E-state index is 15.3. The molecule has 3 aromatic rings. The van der Waals surface area contributed by atoms with Crippen molar-refractivity contribution >= 4 is 35.2 Å². The van der Waals surface area contributed by atoms with E-state index in [1.165, 1.54) is 24.3 Å². The lowest BCUT2D eigenvalue weighted by molar-refractivity contribution is -0.154. The average molecular weight is 826 g/mol. The second-order valence-electron chi connectivity index (χ2n) is 14.5. The number of carbonyl (C=O) groups is 1. The quantitative estimate of drug-likeness (QED) is 0.0918. The van der Waals surface area contributed by atoms with E-state index >= 15 is 8.78 Å². The number of aliphatic hydroxyl groups is 2. The first-order valence-electron chi connectivity index (χ1n) is 17.3. The number of halogens is 8. The summed E-state index contributed by atoms with van der Waals surface area (Å²) in [5.41, 5.74) is -3.94. The number of benzene rings is 2. The molecule has 2 unspecified atom stereocenters. The molecule has 304 valence electrons. The van der Waals surface area contributed by atoms with E-state index in [9.17, 15) is 46.1 Å². The van der Waals surface area contributed by atoms with Crippen LogP contribution in [0.3, 0.4) is 0 Å². The van der Waals surface area contributed by atoms with Crippen LogP contribution in [-0.2, 0) is 33.4 Å². The fourth-order valence-electron chi connectivity index (χ4n) is 6.01. The van der Waals surface area contributed by atoms with Crippen molar-refractivity contribution in [2.45, 2.75) is 93.8 Å². The molecule has 4 rings (SSSR count). The van der Waals surface area contributed by atoms with Gasteiger partial charge in [-0.15, -0.1) is 0 Å². The molecule has 0 bridgehead atoms. The third-order valence-electron chi connectivity index (χ3n) is 9.60. The minimum Gasteiger partial charge on any atom is -0.395 e. The van der Waals surface area contributed by atoms with Gasteiger partial charge in [0.15, 0.2) is 0 Å². The summed E-state index contributed by atoms with van der Waals surface area (Å²) in [6.45, 7) is 2.93. The van der Waals surface area contributed by atoms with Gasteiger partial charge in [0.25, 0.3) is 0 Å². The van der Waals surface area contributed by atoms with Gasteiger partial charge in [0.2, 0.25) is 12.1 Å². The van der Waals surface area contributed by atoms with E-state index in [-0.39, 0.29) is 17.5 Å². The highest BCUT2D eigenvalue weighted by Crippen LogP contribution is 2.54. The Morgan fingerprint density at radius 3 is 1.98 bits per heavy atom. The molecule has 1 aromatic heterocycles. The molecule has 8 nitrogen and oxygen atoms in total. The van der Waals surface area contributed by atoms with E-state index in [0.717, 1.165) is 49.0 Å². The van der Waals surface area contributed by atoms with Crippen LogP contribution in [0.5, 0.6) is 0 Å². The van der Waals surface area contributed by atoms with Crippen LogP contribution in [0.1, 0.15) is 74.9 Å². The number of ether oxygens (including phenoxy) is 1. The first-order valence-corrected chi connectivity index (χ1v) is 19.5. The van der Waals surface area contributed by atoms with Crippen LogP contribution in [0.15, 0.2) is 65.6 Å². The van der Waals surface area contributed by atoms with Crippen LogP contribution in [0.2, 0.25) is 0 Å². The van der Waals surface area contributed by atoms with Crippen molar-refractivity contribution in [2.75, 3.05) is 24.3 Å². The zero-order valence-corrected chi connectivity index (χ0v) is 31.9. The predicted molar refractivity (Wildman–Crippen MR) is 195 cm³/mol. The van der Waals surface area contributed by atoms with Gasteiger partial charge >= 0.3 is 24.0 Å². The number of anilines is 1. The SMILES string of the molecule is CC(C)(CCC(CCSCc1ccc(C(F)(F)F)cc1)SCc1ccc(C(F)(F)F)cc1)CC(=O)Nc1ccn([C@@H]2O[C@H](CO)C(C)(CO)C2(F)F)c(=O)n1. The van der Waals surface area contributed by atoms with Crippen molar-refractivity contribution in [3.63, 3.8) is 0 Å². The molecule has 1 amide bonds. The summed E-state index contributed by atoms with van der Waals surface area (Å²) in [4.78, 5) is 29.6. The van der Waals surface area contributed by atoms with E-state index in [4.69, 9.17) is 4.74 Å². The number of carbonyl (C=O) groups excluding carboxylic acids is 1. The predicted octanol–water partition coefficient (Wildman–Crippen LogP) is 8.57. The number of rotatable bonds is 17. The summed E-state index contributed by atoms with van der Waals surface area (Å²) in [7, 11) is 0. The zero-order chi connectivity index (χ0) is 40.8. The number of thioether (sulfide) groups is 2. The van der Waals surface area contributed by atoms with Gasteiger partial charge in [0.1, 0.15) is 5.82 Å². The van der Waals surface area contributed by atoms with Crippen molar-refractivity contribution in [1.82, 2.24) is 9.55 Å². The molecule has 1 aliphatic rings. The van der Waals surface area contributed by atoms with Gasteiger partial charge in [-0.3, -0.25) is 9.36 Å². The standard InChI is InChI=1S/C37H43F8N3O5S2/c1-33(2,18-30(51)46-29-13-16-48(32(52)47-29)31-35(38,39)34(3,22-50)28(19-49)53-31)15-12-27(55-21-24-6-10-26(11-7-24)37(43,44)45)14-17-54-20-23-4-8-25(9-5-23)36(40,41)42/h4-11,13,16,27-28,31,49-50H,12,14-15,17-22H2,1-3H3,(H,46,47,51,52)/t27?,28-,31-,34?/m1/s1. The van der Waals surface area contributed by atoms with Gasteiger partial charge in [0.05, 0.1) is 35.9 Å². The molecule has 1 saturated heterocycles. The van der Waals surface area contributed by atoms with Crippen molar-refractivity contribution in [3.05, 3.63) is 93.5 Å². The average Bonchev–Trinajstić information content (AvgIpc) is 3.31. The number of hydrogen-bond acceptors (Lipinski definition) is 8. The molecular weight excluding hydrogens is 783 g/mol. The Hall–Kier alpha value is -3.19. The van der Waals surface area contributed by atoms with Gasteiger partial charge in [-0.25, -0.2) is 13.6 Å². The monoisotopic (exact) mass is 825 g/mol. The number of nitrogens with one attached hydrogen (secondary N) is 1. The van der Waals surface area contributed by atoms with Crippen LogP contribution in [0, 0.1) is 10.8 Å². The van der Waals surface area contributed by atoms with Gasteiger partial charge in [-0.2, -0.15) is 54.9 Å². The van der Waals surface area contributed by atoms with Crippen molar-refractivity contribution in [2.24, 2.45) is 10.8 Å². The summed E-state index contributed by atoms with van der Waals surface area (Å²) in [6, 6.07) is 11.0. The number of alkyl halides is 8. The molecule has 1 aliphatic heterocycles. The molecule has 3 N–H and O–H groups in total. The Balaban J connectivity index is 1.35. The van der Waals surface area contributed by atoms with Crippen LogP contribution >= 0.6 is 23.5 Å². The smallest absolute Gasteiger partial charge is 0.395 e. The fourth-order valence-corrected chi connectivity index (χ4v) is 8.37. The minimum atomic E-state index is -4.46.